The highest BCUT2D eigenvalue weighted by Gasteiger charge is 2.35. The van der Waals surface area contributed by atoms with Crippen molar-refractivity contribution in [1.82, 2.24) is 15.5 Å². The van der Waals surface area contributed by atoms with Gasteiger partial charge in [-0.15, -0.1) is 0 Å². The lowest BCUT2D eigenvalue weighted by atomic mass is 9.85. The third-order valence-corrected chi connectivity index (χ3v) is 5.10. The number of rotatable bonds is 8. The molecule has 0 radical (unpaired) electrons. The number of nitrogens with zero attached hydrogens (tertiary/aromatic N) is 1. The summed E-state index contributed by atoms with van der Waals surface area (Å²) in [5.41, 5.74) is 7.61. The van der Waals surface area contributed by atoms with Gasteiger partial charge in [-0.2, -0.15) is 0 Å². The van der Waals surface area contributed by atoms with Gasteiger partial charge in [-0.05, 0) is 37.8 Å². The largest absolute Gasteiger partial charge is 0.342 e. The molecule has 0 saturated heterocycles. The zero-order valence-electron chi connectivity index (χ0n) is 25.7. The maximum Gasteiger partial charge on any atom is 0.245 e. The minimum Gasteiger partial charge on any atom is -0.342 e. The Morgan fingerprint density at radius 1 is 1.06 bits per heavy atom. The van der Waals surface area contributed by atoms with Crippen molar-refractivity contribution >= 4 is 11.8 Å². The molecule has 2 unspecified atom stereocenters. The molecule has 0 fully saturated rings. The van der Waals surface area contributed by atoms with Crippen LogP contribution in [0.25, 0.3) is 0 Å². The Kier molecular flexibility index (Phi) is 23.5. The standard InChI is InChI=1S/C16H32N4O2.C9H12.C3H8.C2H6/c1-11(10-17)8-9-20(7)15(22)13(16(3,4)5)19-14(21)12(2)18-6;1-8(2)9-6-4-3-5-7-9;1-3-2;1-2/h8,12-13,18H,9-10,17H2,1-7H3,(H,19,21);3-8H,1-2H3;3H2,1-2H3;1-2H3/b11-8+;;;. The molecule has 2 atom stereocenters. The van der Waals surface area contributed by atoms with Gasteiger partial charge in [0.25, 0.3) is 0 Å². The highest BCUT2D eigenvalue weighted by atomic mass is 16.2. The van der Waals surface area contributed by atoms with Crippen molar-refractivity contribution in [1.29, 1.82) is 0 Å². The van der Waals surface area contributed by atoms with Crippen molar-refractivity contribution in [3.8, 4) is 0 Å². The minimum atomic E-state index is -0.576. The van der Waals surface area contributed by atoms with E-state index in [4.69, 9.17) is 5.73 Å². The molecular weight excluding hydrogens is 448 g/mol. The first kappa shape index (κ1) is 38.4. The molecule has 0 spiro atoms. The monoisotopic (exact) mass is 506 g/mol. The van der Waals surface area contributed by atoms with Crippen LogP contribution >= 0.6 is 0 Å². The third-order valence-electron chi connectivity index (χ3n) is 5.10. The average molecular weight is 507 g/mol. The van der Waals surface area contributed by atoms with Crippen molar-refractivity contribution in [2.45, 2.75) is 101 Å². The number of nitrogens with one attached hydrogen (secondary N) is 2. The van der Waals surface area contributed by atoms with Gasteiger partial charge in [0.15, 0.2) is 0 Å². The number of nitrogens with two attached hydrogens (primary N) is 1. The van der Waals surface area contributed by atoms with Crippen LogP contribution in [0.5, 0.6) is 0 Å². The highest BCUT2D eigenvalue weighted by molar-refractivity contribution is 5.90. The van der Waals surface area contributed by atoms with Gasteiger partial charge in [0.1, 0.15) is 6.04 Å². The highest BCUT2D eigenvalue weighted by Crippen LogP contribution is 2.21. The maximum atomic E-state index is 12.7. The van der Waals surface area contributed by atoms with Crippen LogP contribution in [0, 0.1) is 5.41 Å². The normalized spacial score (nSPS) is 12.5. The van der Waals surface area contributed by atoms with Crippen LogP contribution in [0.3, 0.4) is 0 Å². The number of carbonyl (C=O) groups is 2. The lowest BCUT2D eigenvalue weighted by Crippen LogP contribution is -2.56. The lowest BCUT2D eigenvalue weighted by Gasteiger charge is -2.34. The van der Waals surface area contributed by atoms with Crippen LogP contribution in [0.1, 0.15) is 94.1 Å². The molecule has 0 heterocycles. The fourth-order valence-corrected chi connectivity index (χ4v) is 2.57. The van der Waals surface area contributed by atoms with Crippen molar-refractivity contribution in [3.63, 3.8) is 0 Å². The van der Waals surface area contributed by atoms with Gasteiger partial charge >= 0.3 is 0 Å². The molecule has 36 heavy (non-hydrogen) atoms. The summed E-state index contributed by atoms with van der Waals surface area (Å²) in [7, 11) is 3.44. The Hall–Kier alpha value is -2.18. The number of likely N-dealkylation sites (N-methyl/N-ethyl adjacent to an activating group) is 2. The van der Waals surface area contributed by atoms with Gasteiger partial charge in [-0.25, -0.2) is 0 Å². The van der Waals surface area contributed by atoms with E-state index in [1.165, 1.54) is 12.0 Å². The molecule has 4 N–H and O–H groups in total. The molecule has 1 rings (SSSR count). The Labute approximate surface area is 223 Å². The van der Waals surface area contributed by atoms with Crippen molar-refractivity contribution in [2.75, 3.05) is 27.2 Å². The summed E-state index contributed by atoms with van der Waals surface area (Å²) in [6.45, 7) is 23.1. The van der Waals surface area contributed by atoms with Gasteiger partial charge in [-0.1, -0.05) is 111 Å². The third kappa shape index (κ3) is 18.1. The van der Waals surface area contributed by atoms with Crippen LogP contribution in [0.15, 0.2) is 42.0 Å². The summed E-state index contributed by atoms with van der Waals surface area (Å²) >= 11 is 0. The first-order chi connectivity index (χ1) is 16.8. The Bertz CT molecular complexity index is 709. The number of carbonyl (C=O) groups excluding carboxylic acids is 2. The fraction of sp³-hybridized carbons (Fsp3) is 0.667. The second kappa shape index (κ2) is 22.1. The van der Waals surface area contributed by atoms with Crippen LogP contribution in [0.4, 0.5) is 0 Å². The maximum absolute atomic E-state index is 12.7. The van der Waals surface area contributed by atoms with E-state index in [1.807, 2.05) is 53.7 Å². The quantitative estimate of drug-likeness (QED) is 0.392. The molecule has 1 aromatic rings. The molecule has 6 heteroatoms. The van der Waals surface area contributed by atoms with E-state index in [0.717, 1.165) is 5.57 Å². The SMILES string of the molecule is CC.CC(C)c1ccccc1.CCC.CNC(C)C(=O)NC(C(=O)N(C)C/C=C(\C)CN)C(C)(C)C. The van der Waals surface area contributed by atoms with E-state index in [-0.39, 0.29) is 23.3 Å². The van der Waals surface area contributed by atoms with Crippen LogP contribution < -0.4 is 16.4 Å². The van der Waals surface area contributed by atoms with Gasteiger partial charge in [0.05, 0.1) is 6.04 Å². The molecule has 0 aliphatic rings. The Balaban J connectivity index is -0.000000635. The molecule has 2 amide bonds. The topological polar surface area (TPSA) is 87.5 Å². The average Bonchev–Trinajstić information content (AvgIpc) is 2.86. The predicted molar refractivity (Wildman–Crippen MR) is 158 cm³/mol. The first-order valence-electron chi connectivity index (χ1n) is 13.4. The summed E-state index contributed by atoms with van der Waals surface area (Å²) in [6, 6.07) is 9.60. The predicted octanol–water partition coefficient (Wildman–Crippen LogP) is 5.74. The lowest BCUT2D eigenvalue weighted by molar-refractivity contribution is -0.138. The van der Waals surface area contributed by atoms with Gasteiger partial charge in [0, 0.05) is 20.1 Å². The number of hydrogen-bond acceptors (Lipinski definition) is 4. The van der Waals surface area contributed by atoms with E-state index in [1.54, 1.807) is 25.9 Å². The second-order valence-corrected chi connectivity index (χ2v) is 10.1. The summed E-state index contributed by atoms with van der Waals surface area (Å²) < 4.78 is 0. The minimum absolute atomic E-state index is 0.106. The Morgan fingerprint density at radius 2 is 1.53 bits per heavy atom. The molecule has 0 aromatic heterocycles. The summed E-state index contributed by atoms with van der Waals surface area (Å²) in [6.07, 6.45) is 3.18. The zero-order chi connectivity index (χ0) is 28.9. The van der Waals surface area contributed by atoms with Crippen molar-refractivity contribution in [3.05, 3.63) is 47.5 Å². The molecular formula is C30H58N4O2. The van der Waals surface area contributed by atoms with Crippen molar-refractivity contribution in [2.24, 2.45) is 11.1 Å². The van der Waals surface area contributed by atoms with E-state index in [0.29, 0.717) is 19.0 Å². The summed E-state index contributed by atoms with van der Waals surface area (Å²) in [5.74, 6) is 0.370. The Morgan fingerprint density at radius 3 is 1.86 bits per heavy atom. The molecule has 1 aromatic carbocycles. The smallest absolute Gasteiger partial charge is 0.245 e. The molecule has 0 saturated carbocycles. The molecule has 0 aliphatic heterocycles. The zero-order valence-corrected chi connectivity index (χ0v) is 25.7. The number of hydrogen-bond donors (Lipinski definition) is 3. The van der Waals surface area contributed by atoms with E-state index >= 15 is 0 Å². The summed E-state index contributed by atoms with van der Waals surface area (Å²) in [4.78, 5) is 26.4. The fourth-order valence-electron chi connectivity index (χ4n) is 2.57. The van der Waals surface area contributed by atoms with Gasteiger partial charge in [-0.3, -0.25) is 9.59 Å². The number of amides is 2. The van der Waals surface area contributed by atoms with Crippen molar-refractivity contribution < 1.29 is 9.59 Å². The molecule has 0 aliphatic carbocycles. The van der Waals surface area contributed by atoms with Crippen LogP contribution in [-0.4, -0.2) is 56.0 Å². The van der Waals surface area contributed by atoms with E-state index in [9.17, 15) is 9.59 Å². The van der Waals surface area contributed by atoms with Crippen LogP contribution in [0.2, 0.25) is 0 Å². The second-order valence-electron chi connectivity index (χ2n) is 10.1. The number of benzene rings is 1. The van der Waals surface area contributed by atoms with E-state index < -0.39 is 6.04 Å². The molecule has 0 bridgehead atoms. The summed E-state index contributed by atoms with van der Waals surface area (Å²) in [5, 5.41) is 5.73. The molecule has 6 nitrogen and oxygen atoms in total. The van der Waals surface area contributed by atoms with Gasteiger partial charge in [0.2, 0.25) is 11.8 Å². The van der Waals surface area contributed by atoms with Gasteiger partial charge < -0.3 is 21.3 Å². The first-order valence-corrected chi connectivity index (χ1v) is 13.4. The van der Waals surface area contributed by atoms with Crippen LogP contribution in [-0.2, 0) is 9.59 Å². The van der Waals surface area contributed by atoms with E-state index in [2.05, 4.69) is 62.6 Å². The molecule has 210 valence electrons.